The summed E-state index contributed by atoms with van der Waals surface area (Å²) >= 11 is 0. The molecule has 0 spiro atoms. The van der Waals surface area contributed by atoms with E-state index in [4.69, 9.17) is 4.74 Å². The first-order chi connectivity index (χ1) is 12.4. The van der Waals surface area contributed by atoms with Crippen LogP contribution in [-0.4, -0.2) is 42.4 Å². The molecule has 1 saturated heterocycles. The van der Waals surface area contributed by atoms with Crippen LogP contribution in [0.1, 0.15) is 44.6 Å². The van der Waals surface area contributed by atoms with E-state index in [0.29, 0.717) is 11.3 Å². The maximum absolute atomic E-state index is 12.9. The minimum absolute atomic E-state index is 0.144. The van der Waals surface area contributed by atoms with Crippen molar-refractivity contribution < 1.29 is 19.1 Å². The fourth-order valence-corrected chi connectivity index (χ4v) is 3.62. The first-order valence-corrected chi connectivity index (χ1v) is 9.02. The SMILES string of the molecule is COc1ccc(C2(C)NC(=O)N(CC(=O)NC3CCCCC3)C2=O)cc1. The molecule has 0 radical (unpaired) electrons. The summed E-state index contributed by atoms with van der Waals surface area (Å²) in [5.41, 5.74) is -0.541. The van der Waals surface area contributed by atoms with Crippen LogP contribution in [0.3, 0.4) is 0 Å². The third-order valence-electron chi connectivity index (χ3n) is 5.21. The van der Waals surface area contributed by atoms with Crippen molar-refractivity contribution in [2.45, 2.75) is 50.6 Å². The van der Waals surface area contributed by atoms with Crippen molar-refractivity contribution in [2.75, 3.05) is 13.7 Å². The lowest BCUT2D eigenvalue weighted by molar-refractivity contribution is -0.135. The summed E-state index contributed by atoms with van der Waals surface area (Å²) in [5, 5.41) is 5.65. The largest absolute Gasteiger partial charge is 0.497 e. The van der Waals surface area contributed by atoms with Gasteiger partial charge in [-0.3, -0.25) is 14.5 Å². The van der Waals surface area contributed by atoms with Gasteiger partial charge in [-0.05, 0) is 37.5 Å². The number of imide groups is 1. The van der Waals surface area contributed by atoms with E-state index in [2.05, 4.69) is 10.6 Å². The molecule has 7 nitrogen and oxygen atoms in total. The zero-order chi connectivity index (χ0) is 18.7. The average molecular weight is 359 g/mol. The monoisotopic (exact) mass is 359 g/mol. The summed E-state index contributed by atoms with van der Waals surface area (Å²) < 4.78 is 5.12. The van der Waals surface area contributed by atoms with Crippen LogP contribution in [-0.2, 0) is 15.1 Å². The Hall–Kier alpha value is -2.57. The van der Waals surface area contributed by atoms with Gasteiger partial charge in [0.15, 0.2) is 0 Å². The number of ether oxygens (including phenoxy) is 1. The molecule has 1 heterocycles. The van der Waals surface area contributed by atoms with Gasteiger partial charge in [0, 0.05) is 6.04 Å². The molecule has 1 aliphatic carbocycles. The zero-order valence-electron chi connectivity index (χ0n) is 15.2. The highest BCUT2D eigenvalue weighted by Gasteiger charge is 2.49. The molecule has 1 saturated carbocycles. The molecule has 1 atom stereocenters. The topological polar surface area (TPSA) is 87.7 Å². The summed E-state index contributed by atoms with van der Waals surface area (Å²) in [6.45, 7) is 1.39. The zero-order valence-corrected chi connectivity index (χ0v) is 15.2. The van der Waals surface area contributed by atoms with Gasteiger partial charge < -0.3 is 15.4 Å². The number of urea groups is 1. The minimum atomic E-state index is -1.19. The van der Waals surface area contributed by atoms with Crippen LogP contribution in [0.2, 0.25) is 0 Å². The van der Waals surface area contributed by atoms with Gasteiger partial charge >= 0.3 is 6.03 Å². The molecule has 1 aromatic carbocycles. The van der Waals surface area contributed by atoms with Crippen LogP contribution in [0.25, 0.3) is 0 Å². The Labute approximate surface area is 153 Å². The average Bonchev–Trinajstić information content (AvgIpc) is 2.86. The summed E-state index contributed by atoms with van der Waals surface area (Å²) in [6.07, 6.45) is 5.30. The van der Waals surface area contributed by atoms with Crippen molar-refractivity contribution in [1.29, 1.82) is 0 Å². The Bertz CT molecular complexity index is 697. The van der Waals surface area contributed by atoms with Crippen molar-refractivity contribution in [3.63, 3.8) is 0 Å². The predicted molar refractivity (Wildman–Crippen MR) is 95.6 cm³/mol. The number of nitrogens with zero attached hydrogens (tertiary/aromatic N) is 1. The normalized spacial score (nSPS) is 23.7. The molecule has 7 heteroatoms. The highest BCUT2D eigenvalue weighted by atomic mass is 16.5. The van der Waals surface area contributed by atoms with Crippen molar-refractivity contribution in [3.05, 3.63) is 29.8 Å². The standard InChI is InChI=1S/C19H25N3O4/c1-19(13-8-10-15(26-2)11-9-13)17(24)22(18(25)21-19)12-16(23)20-14-6-4-3-5-7-14/h8-11,14H,3-7,12H2,1-2H3,(H,20,23)(H,21,25). The van der Waals surface area contributed by atoms with Crippen LogP contribution < -0.4 is 15.4 Å². The Morgan fingerprint density at radius 1 is 1.23 bits per heavy atom. The number of benzene rings is 1. The Morgan fingerprint density at radius 3 is 2.50 bits per heavy atom. The second-order valence-electron chi connectivity index (χ2n) is 7.08. The fraction of sp³-hybridized carbons (Fsp3) is 0.526. The molecular formula is C19H25N3O4. The summed E-state index contributed by atoms with van der Waals surface area (Å²) in [5.74, 6) is -0.0521. The third-order valence-corrected chi connectivity index (χ3v) is 5.21. The molecule has 2 N–H and O–H groups in total. The molecule has 4 amide bonds. The smallest absolute Gasteiger partial charge is 0.325 e. The van der Waals surface area contributed by atoms with Crippen molar-refractivity contribution >= 4 is 17.8 Å². The van der Waals surface area contributed by atoms with E-state index in [9.17, 15) is 14.4 Å². The number of carbonyl (C=O) groups is 3. The fourth-order valence-electron chi connectivity index (χ4n) is 3.62. The third kappa shape index (κ3) is 3.52. The van der Waals surface area contributed by atoms with Gasteiger partial charge in [0.25, 0.3) is 5.91 Å². The maximum Gasteiger partial charge on any atom is 0.325 e. The molecule has 26 heavy (non-hydrogen) atoms. The molecule has 0 aromatic heterocycles. The van der Waals surface area contributed by atoms with Gasteiger partial charge in [0.2, 0.25) is 5.91 Å². The van der Waals surface area contributed by atoms with Crippen LogP contribution in [0.15, 0.2) is 24.3 Å². The first-order valence-electron chi connectivity index (χ1n) is 9.02. The summed E-state index contributed by atoms with van der Waals surface area (Å²) in [6, 6.07) is 6.54. The maximum atomic E-state index is 12.9. The second kappa shape index (κ2) is 7.35. The number of amides is 4. The Morgan fingerprint density at radius 2 is 1.88 bits per heavy atom. The number of nitrogens with one attached hydrogen (secondary N) is 2. The molecule has 1 unspecified atom stereocenters. The molecule has 1 aromatic rings. The van der Waals surface area contributed by atoms with Gasteiger partial charge in [-0.25, -0.2) is 4.79 Å². The molecule has 1 aliphatic heterocycles. The quantitative estimate of drug-likeness (QED) is 0.786. The van der Waals surface area contributed by atoms with E-state index >= 15 is 0 Å². The molecule has 3 rings (SSSR count). The number of methoxy groups -OCH3 is 1. The van der Waals surface area contributed by atoms with Crippen LogP contribution in [0.4, 0.5) is 4.79 Å². The van der Waals surface area contributed by atoms with Crippen LogP contribution >= 0.6 is 0 Å². The molecular weight excluding hydrogens is 334 g/mol. The molecule has 2 aliphatic rings. The van der Waals surface area contributed by atoms with E-state index in [0.717, 1.165) is 30.6 Å². The number of rotatable bonds is 5. The van der Waals surface area contributed by atoms with Crippen molar-refractivity contribution in [3.8, 4) is 5.75 Å². The van der Waals surface area contributed by atoms with E-state index < -0.39 is 17.5 Å². The van der Waals surface area contributed by atoms with E-state index in [1.165, 1.54) is 6.42 Å². The van der Waals surface area contributed by atoms with Gasteiger partial charge in [-0.15, -0.1) is 0 Å². The van der Waals surface area contributed by atoms with Gasteiger partial charge in [-0.2, -0.15) is 0 Å². The highest BCUT2D eigenvalue weighted by Crippen LogP contribution is 2.30. The van der Waals surface area contributed by atoms with E-state index in [-0.39, 0.29) is 18.5 Å². The number of hydrogen-bond donors (Lipinski definition) is 2. The first kappa shape index (κ1) is 18.2. The van der Waals surface area contributed by atoms with Crippen LogP contribution in [0, 0.1) is 0 Å². The van der Waals surface area contributed by atoms with E-state index in [1.54, 1.807) is 38.3 Å². The van der Waals surface area contributed by atoms with Crippen molar-refractivity contribution in [1.82, 2.24) is 15.5 Å². The Kier molecular flexibility index (Phi) is 5.15. The lowest BCUT2D eigenvalue weighted by atomic mass is 9.92. The number of hydrogen-bond acceptors (Lipinski definition) is 4. The Balaban J connectivity index is 1.68. The molecule has 0 bridgehead atoms. The summed E-state index contributed by atoms with van der Waals surface area (Å²) in [7, 11) is 1.56. The molecule has 2 fully saturated rings. The lowest BCUT2D eigenvalue weighted by Crippen LogP contribution is -2.45. The lowest BCUT2D eigenvalue weighted by Gasteiger charge is -2.24. The van der Waals surface area contributed by atoms with Crippen molar-refractivity contribution in [2.24, 2.45) is 0 Å². The summed E-state index contributed by atoms with van der Waals surface area (Å²) in [4.78, 5) is 38.4. The molecule has 140 valence electrons. The van der Waals surface area contributed by atoms with Gasteiger partial charge in [0.05, 0.1) is 7.11 Å². The van der Waals surface area contributed by atoms with Gasteiger partial charge in [-0.1, -0.05) is 31.4 Å². The van der Waals surface area contributed by atoms with E-state index in [1.807, 2.05) is 0 Å². The minimum Gasteiger partial charge on any atom is -0.497 e. The van der Waals surface area contributed by atoms with Gasteiger partial charge in [0.1, 0.15) is 17.8 Å². The van der Waals surface area contributed by atoms with Crippen LogP contribution in [0.5, 0.6) is 5.75 Å². The number of carbonyl (C=O) groups excluding carboxylic acids is 3. The highest BCUT2D eigenvalue weighted by molar-refractivity contribution is 6.09. The second-order valence-corrected chi connectivity index (χ2v) is 7.08. The predicted octanol–water partition coefficient (Wildman–Crippen LogP) is 1.91.